The third kappa shape index (κ3) is 4.93. The first kappa shape index (κ1) is 16.7. The van der Waals surface area contributed by atoms with Gasteiger partial charge in [-0.05, 0) is 26.8 Å². The molecule has 0 aliphatic rings. The molecular formula is C12H13F3N2O4. The van der Waals surface area contributed by atoms with Crippen molar-refractivity contribution in [3.63, 3.8) is 0 Å². The summed E-state index contributed by atoms with van der Waals surface area (Å²) >= 11 is 0. The van der Waals surface area contributed by atoms with Gasteiger partial charge in [-0.25, -0.2) is 14.6 Å². The fourth-order valence-corrected chi connectivity index (χ4v) is 1.30. The molecule has 0 fully saturated rings. The molecule has 2 N–H and O–H groups in total. The van der Waals surface area contributed by atoms with E-state index in [4.69, 9.17) is 9.84 Å². The van der Waals surface area contributed by atoms with E-state index in [9.17, 15) is 22.8 Å². The quantitative estimate of drug-likeness (QED) is 0.876. The number of alkyl halides is 3. The van der Waals surface area contributed by atoms with Crippen molar-refractivity contribution in [2.24, 2.45) is 0 Å². The SMILES string of the molecule is CC(C)(C)OC(=O)Nc1cc(C(F)(F)F)cnc1C(=O)O. The number of hydrogen-bond acceptors (Lipinski definition) is 4. The van der Waals surface area contributed by atoms with Crippen LogP contribution in [0, 0.1) is 0 Å². The maximum atomic E-state index is 12.6. The van der Waals surface area contributed by atoms with Crippen LogP contribution < -0.4 is 5.32 Å². The van der Waals surface area contributed by atoms with Crippen LogP contribution in [0.15, 0.2) is 12.3 Å². The van der Waals surface area contributed by atoms with Gasteiger partial charge >= 0.3 is 18.2 Å². The molecule has 0 radical (unpaired) electrons. The smallest absolute Gasteiger partial charge is 0.417 e. The molecular weight excluding hydrogens is 293 g/mol. The van der Waals surface area contributed by atoms with Gasteiger partial charge in [-0.1, -0.05) is 0 Å². The van der Waals surface area contributed by atoms with Gasteiger partial charge in [0.25, 0.3) is 0 Å². The van der Waals surface area contributed by atoms with Crippen molar-refractivity contribution in [3.8, 4) is 0 Å². The standard InChI is InChI=1S/C12H13F3N2O4/c1-11(2,3)21-10(20)17-7-4-6(12(13,14)15)5-16-8(7)9(18)19/h4-5H,1-3H3,(H,17,20)(H,18,19). The first-order valence-corrected chi connectivity index (χ1v) is 5.70. The Kier molecular flexibility index (Phi) is 4.45. The minimum atomic E-state index is -4.71. The molecule has 0 spiro atoms. The molecule has 0 unspecified atom stereocenters. The highest BCUT2D eigenvalue weighted by Crippen LogP contribution is 2.31. The average Bonchev–Trinajstić information content (AvgIpc) is 2.24. The molecule has 0 aromatic carbocycles. The van der Waals surface area contributed by atoms with E-state index in [0.29, 0.717) is 12.3 Å². The van der Waals surface area contributed by atoms with Crippen LogP contribution in [0.2, 0.25) is 0 Å². The number of aromatic carboxylic acids is 1. The van der Waals surface area contributed by atoms with Gasteiger partial charge in [0.15, 0.2) is 5.69 Å². The predicted molar refractivity (Wildman–Crippen MR) is 66.1 cm³/mol. The zero-order valence-electron chi connectivity index (χ0n) is 11.4. The van der Waals surface area contributed by atoms with E-state index < -0.39 is 40.8 Å². The summed E-state index contributed by atoms with van der Waals surface area (Å²) in [5, 5.41) is 10.8. The number of anilines is 1. The molecule has 0 aliphatic heterocycles. The summed E-state index contributed by atoms with van der Waals surface area (Å²) in [6.45, 7) is 4.65. The van der Waals surface area contributed by atoms with Crippen molar-refractivity contribution in [3.05, 3.63) is 23.5 Å². The number of nitrogens with zero attached hydrogens (tertiary/aromatic N) is 1. The van der Waals surface area contributed by atoms with Crippen LogP contribution >= 0.6 is 0 Å². The number of carbonyl (C=O) groups excluding carboxylic acids is 1. The van der Waals surface area contributed by atoms with E-state index in [-0.39, 0.29) is 0 Å². The molecule has 9 heteroatoms. The number of amides is 1. The first-order valence-electron chi connectivity index (χ1n) is 5.70. The van der Waals surface area contributed by atoms with Crippen LogP contribution in [-0.4, -0.2) is 27.8 Å². The van der Waals surface area contributed by atoms with Crippen molar-refractivity contribution in [1.29, 1.82) is 0 Å². The highest BCUT2D eigenvalue weighted by molar-refractivity contribution is 5.97. The molecule has 21 heavy (non-hydrogen) atoms. The van der Waals surface area contributed by atoms with Crippen molar-refractivity contribution in [1.82, 2.24) is 4.98 Å². The van der Waals surface area contributed by atoms with Crippen LogP contribution in [0.5, 0.6) is 0 Å². The Morgan fingerprint density at radius 3 is 2.29 bits per heavy atom. The zero-order chi connectivity index (χ0) is 16.4. The van der Waals surface area contributed by atoms with E-state index in [0.717, 1.165) is 0 Å². The molecule has 0 saturated carbocycles. The summed E-state index contributed by atoms with van der Waals surface area (Å²) in [6, 6.07) is 0.486. The van der Waals surface area contributed by atoms with E-state index in [1.54, 1.807) is 20.8 Å². The monoisotopic (exact) mass is 306 g/mol. The van der Waals surface area contributed by atoms with E-state index in [2.05, 4.69) is 4.98 Å². The summed E-state index contributed by atoms with van der Waals surface area (Å²) < 4.78 is 42.6. The van der Waals surface area contributed by atoms with E-state index >= 15 is 0 Å². The Bertz CT molecular complexity index is 565. The summed E-state index contributed by atoms with van der Waals surface area (Å²) in [6.07, 6.45) is -5.41. The van der Waals surface area contributed by atoms with Gasteiger partial charge < -0.3 is 9.84 Å². The van der Waals surface area contributed by atoms with Gasteiger partial charge in [-0.3, -0.25) is 5.32 Å². The Morgan fingerprint density at radius 1 is 1.29 bits per heavy atom. The maximum Gasteiger partial charge on any atom is 0.417 e. The Balaban J connectivity index is 3.13. The number of halogens is 3. The van der Waals surface area contributed by atoms with Gasteiger partial charge in [-0.15, -0.1) is 0 Å². The van der Waals surface area contributed by atoms with Crippen LogP contribution in [-0.2, 0) is 10.9 Å². The van der Waals surface area contributed by atoms with Crippen molar-refractivity contribution < 1.29 is 32.6 Å². The molecule has 0 atom stereocenters. The first-order chi connectivity index (χ1) is 9.40. The lowest BCUT2D eigenvalue weighted by Crippen LogP contribution is -2.28. The van der Waals surface area contributed by atoms with Gasteiger partial charge in [0.2, 0.25) is 0 Å². The van der Waals surface area contributed by atoms with Crippen LogP contribution in [0.25, 0.3) is 0 Å². The number of nitrogens with one attached hydrogen (secondary N) is 1. The van der Waals surface area contributed by atoms with Gasteiger partial charge in [0.1, 0.15) is 5.60 Å². The summed E-state index contributed by atoms with van der Waals surface area (Å²) in [5.41, 5.74) is -3.37. The summed E-state index contributed by atoms with van der Waals surface area (Å²) in [5.74, 6) is -1.57. The van der Waals surface area contributed by atoms with Crippen molar-refractivity contribution in [2.45, 2.75) is 32.5 Å². The zero-order valence-corrected chi connectivity index (χ0v) is 11.4. The lowest BCUT2D eigenvalue weighted by atomic mass is 10.2. The van der Waals surface area contributed by atoms with E-state index in [1.807, 2.05) is 5.32 Å². The van der Waals surface area contributed by atoms with Crippen LogP contribution in [0.3, 0.4) is 0 Å². The number of pyridine rings is 1. The topological polar surface area (TPSA) is 88.5 Å². The lowest BCUT2D eigenvalue weighted by molar-refractivity contribution is -0.137. The molecule has 116 valence electrons. The molecule has 0 saturated heterocycles. The molecule has 1 rings (SSSR count). The number of ether oxygens (including phenoxy) is 1. The second kappa shape index (κ2) is 5.58. The number of carboxylic acid groups (broad SMARTS) is 1. The summed E-state index contributed by atoms with van der Waals surface area (Å²) in [4.78, 5) is 25.6. The molecule has 1 amide bonds. The number of carbonyl (C=O) groups is 2. The fraction of sp³-hybridized carbons (Fsp3) is 0.417. The minimum absolute atomic E-state index is 0.379. The molecule has 0 aliphatic carbocycles. The Hall–Kier alpha value is -2.32. The minimum Gasteiger partial charge on any atom is -0.476 e. The van der Waals surface area contributed by atoms with Crippen LogP contribution in [0.4, 0.5) is 23.7 Å². The highest BCUT2D eigenvalue weighted by atomic mass is 19.4. The van der Waals surface area contributed by atoms with E-state index in [1.165, 1.54) is 0 Å². The Morgan fingerprint density at radius 2 is 1.86 bits per heavy atom. The predicted octanol–water partition coefficient (Wildman–Crippen LogP) is 3.15. The number of aromatic nitrogens is 1. The lowest BCUT2D eigenvalue weighted by Gasteiger charge is -2.20. The highest BCUT2D eigenvalue weighted by Gasteiger charge is 2.33. The second-order valence-electron chi connectivity index (χ2n) is 5.05. The summed E-state index contributed by atoms with van der Waals surface area (Å²) in [7, 11) is 0. The van der Waals surface area contributed by atoms with Crippen molar-refractivity contribution >= 4 is 17.7 Å². The molecule has 6 nitrogen and oxygen atoms in total. The second-order valence-corrected chi connectivity index (χ2v) is 5.05. The normalized spacial score (nSPS) is 11.9. The third-order valence-electron chi connectivity index (χ3n) is 2.05. The Labute approximate surface area is 117 Å². The molecule has 1 aromatic heterocycles. The van der Waals surface area contributed by atoms with Gasteiger partial charge in [0, 0.05) is 6.20 Å². The molecule has 1 aromatic rings. The van der Waals surface area contributed by atoms with Gasteiger partial charge in [-0.2, -0.15) is 13.2 Å². The van der Waals surface area contributed by atoms with Crippen LogP contribution in [0.1, 0.15) is 36.8 Å². The van der Waals surface area contributed by atoms with Gasteiger partial charge in [0.05, 0.1) is 11.3 Å². The third-order valence-corrected chi connectivity index (χ3v) is 2.05. The number of carboxylic acids is 1. The fourth-order valence-electron chi connectivity index (χ4n) is 1.30. The molecule has 0 bridgehead atoms. The largest absolute Gasteiger partial charge is 0.476 e. The molecule has 1 heterocycles. The maximum absolute atomic E-state index is 12.6. The average molecular weight is 306 g/mol. The number of hydrogen-bond donors (Lipinski definition) is 2. The van der Waals surface area contributed by atoms with Crippen molar-refractivity contribution in [2.75, 3.05) is 5.32 Å². The number of rotatable bonds is 2.